The van der Waals surface area contributed by atoms with Gasteiger partial charge >= 0.3 is 12.1 Å². The summed E-state index contributed by atoms with van der Waals surface area (Å²) in [6.07, 6.45) is 0.542. The lowest BCUT2D eigenvalue weighted by molar-refractivity contribution is -0.137. The van der Waals surface area contributed by atoms with Crippen molar-refractivity contribution < 1.29 is 29.0 Å². The summed E-state index contributed by atoms with van der Waals surface area (Å²) in [7, 11) is 0. The SMILES string of the molecule is CCOC(=O)N[C@@H](CCCCC(=O)O)C(=O)Nc1cccc(OCC)c1. The van der Waals surface area contributed by atoms with E-state index in [1.54, 1.807) is 31.2 Å². The topological polar surface area (TPSA) is 114 Å². The van der Waals surface area contributed by atoms with Gasteiger partial charge in [0.1, 0.15) is 11.8 Å². The Morgan fingerprint density at radius 2 is 1.92 bits per heavy atom. The second-order valence-electron chi connectivity index (χ2n) is 5.51. The van der Waals surface area contributed by atoms with E-state index in [2.05, 4.69) is 10.6 Å². The number of carboxylic acid groups (broad SMARTS) is 1. The first-order valence-electron chi connectivity index (χ1n) is 8.65. The van der Waals surface area contributed by atoms with Gasteiger partial charge in [-0.25, -0.2) is 4.79 Å². The summed E-state index contributed by atoms with van der Waals surface area (Å²) in [6, 6.07) is 6.11. The molecule has 1 aromatic rings. The van der Waals surface area contributed by atoms with Gasteiger partial charge in [-0.1, -0.05) is 12.5 Å². The molecule has 0 bridgehead atoms. The first-order chi connectivity index (χ1) is 12.5. The fraction of sp³-hybridized carbons (Fsp3) is 0.500. The fourth-order valence-electron chi connectivity index (χ4n) is 2.27. The lowest BCUT2D eigenvalue weighted by atomic mass is 10.1. The molecular weight excluding hydrogens is 340 g/mol. The van der Waals surface area contributed by atoms with Crippen LogP contribution < -0.4 is 15.4 Å². The molecule has 0 radical (unpaired) electrons. The molecule has 0 spiro atoms. The second-order valence-corrected chi connectivity index (χ2v) is 5.51. The summed E-state index contributed by atoms with van der Waals surface area (Å²) in [4.78, 5) is 34.8. The maximum absolute atomic E-state index is 12.5. The molecule has 1 rings (SSSR count). The van der Waals surface area contributed by atoms with Crippen molar-refractivity contribution in [3.05, 3.63) is 24.3 Å². The van der Waals surface area contributed by atoms with E-state index in [1.165, 1.54) is 0 Å². The number of alkyl carbamates (subject to hydrolysis) is 1. The van der Waals surface area contributed by atoms with E-state index >= 15 is 0 Å². The average Bonchev–Trinajstić information content (AvgIpc) is 2.58. The molecule has 0 saturated heterocycles. The maximum atomic E-state index is 12.5. The Bertz CT molecular complexity index is 605. The van der Waals surface area contributed by atoms with E-state index in [-0.39, 0.29) is 13.0 Å². The first-order valence-corrected chi connectivity index (χ1v) is 8.65. The summed E-state index contributed by atoms with van der Waals surface area (Å²) in [5, 5.41) is 13.9. The van der Waals surface area contributed by atoms with E-state index in [4.69, 9.17) is 14.6 Å². The van der Waals surface area contributed by atoms with E-state index in [0.29, 0.717) is 37.3 Å². The van der Waals surface area contributed by atoms with Crippen LogP contribution in [0, 0.1) is 0 Å². The van der Waals surface area contributed by atoms with Gasteiger partial charge in [0.25, 0.3) is 0 Å². The Labute approximate surface area is 152 Å². The van der Waals surface area contributed by atoms with Gasteiger partial charge in [0.15, 0.2) is 0 Å². The van der Waals surface area contributed by atoms with Gasteiger partial charge in [-0.3, -0.25) is 9.59 Å². The minimum atomic E-state index is -0.892. The zero-order valence-corrected chi connectivity index (χ0v) is 15.1. The highest BCUT2D eigenvalue weighted by Crippen LogP contribution is 2.18. The minimum Gasteiger partial charge on any atom is -0.494 e. The number of benzene rings is 1. The van der Waals surface area contributed by atoms with Crippen molar-refractivity contribution in [2.45, 2.75) is 45.6 Å². The van der Waals surface area contributed by atoms with E-state index in [0.717, 1.165) is 0 Å². The number of nitrogens with one attached hydrogen (secondary N) is 2. The van der Waals surface area contributed by atoms with Crippen molar-refractivity contribution in [3.63, 3.8) is 0 Å². The Hall–Kier alpha value is -2.77. The molecule has 0 aliphatic rings. The van der Waals surface area contributed by atoms with Crippen LogP contribution in [0.25, 0.3) is 0 Å². The van der Waals surface area contributed by atoms with Gasteiger partial charge in [0, 0.05) is 18.2 Å². The van der Waals surface area contributed by atoms with Crippen LogP contribution >= 0.6 is 0 Å². The molecule has 0 aromatic heterocycles. The molecule has 0 saturated carbocycles. The molecule has 3 N–H and O–H groups in total. The Morgan fingerprint density at radius 3 is 2.58 bits per heavy atom. The highest BCUT2D eigenvalue weighted by molar-refractivity contribution is 5.96. The number of carbonyl (C=O) groups excluding carboxylic acids is 2. The molecule has 2 amide bonds. The molecule has 0 heterocycles. The summed E-state index contributed by atoms with van der Waals surface area (Å²) in [5.41, 5.74) is 0.544. The van der Waals surface area contributed by atoms with Gasteiger partial charge in [-0.05, 0) is 38.8 Å². The Kier molecular flexibility index (Phi) is 9.59. The van der Waals surface area contributed by atoms with Gasteiger partial charge < -0.3 is 25.2 Å². The molecule has 0 aliphatic heterocycles. The number of carbonyl (C=O) groups is 3. The standard InChI is InChI=1S/C18H26N2O6/c1-3-25-14-9-7-8-13(12-14)19-17(23)15(20-18(24)26-4-2)10-5-6-11-16(21)22/h7-9,12,15H,3-6,10-11H2,1-2H3,(H,19,23)(H,20,24)(H,21,22)/t15-/m0/s1. The third kappa shape index (κ3) is 8.36. The zero-order valence-electron chi connectivity index (χ0n) is 15.1. The Morgan fingerprint density at radius 1 is 1.15 bits per heavy atom. The van der Waals surface area contributed by atoms with E-state index in [1.807, 2.05) is 6.92 Å². The van der Waals surface area contributed by atoms with Crippen molar-refractivity contribution in [2.75, 3.05) is 18.5 Å². The summed E-state index contributed by atoms with van der Waals surface area (Å²) in [5.74, 6) is -0.666. The molecule has 8 heteroatoms. The van der Waals surface area contributed by atoms with Crippen LogP contribution in [0.4, 0.5) is 10.5 Å². The summed E-state index contributed by atoms with van der Waals surface area (Å²) in [6.45, 7) is 4.23. The lowest BCUT2D eigenvalue weighted by Gasteiger charge is -2.18. The highest BCUT2D eigenvalue weighted by Gasteiger charge is 2.21. The maximum Gasteiger partial charge on any atom is 0.407 e. The highest BCUT2D eigenvalue weighted by atomic mass is 16.5. The fourth-order valence-corrected chi connectivity index (χ4v) is 2.27. The van der Waals surface area contributed by atoms with Crippen LogP contribution in [0.3, 0.4) is 0 Å². The number of hydrogen-bond acceptors (Lipinski definition) is 5. The number of amides is 2. The Balaban J connectivity index is 2.70. The van der Waals surface area contributed by atoms with Gasteiger partial charge in [0.2, 0.25) is 5.91 Å². The van der Waals surface area contributed by atoms with Crippen LogP contribution in [0.5, 0.6) is 5.75 Å². The zero-order chi connectivity index (χ0) is 19.4. The van der Waals surface area contributed by atoms with E-state index < -0.39 is 24.0 Å². The van der Waals surface area contributed by atoms with Crippen molar-refractivity contribution in [1.82, 2.24) is 5.32 Å². The summed E-state index contributed by atoms with van der Waals surface area (Å²) < 4.78 is 10.2. The predicted octanol–water partition coefficient (Wildman–Crippen LogP) is 2.78. The monoisotopic (exact) mass is 366 g/mol. The van der Waals surface area contributed by atoms with Crippen LogP contribution in [0.2, 0.25) is 0 Å². The molecule has 1 aromatic carbocycles. The third-order valence-electron chi connectivity index (χ3n) is 3.43. The smallest absolute Gasteiger partial charge is 0.407 e. The van der Waals surface area contributed by atoms with Crippen molar-refractivity contribution in [3.8, 4) is 5.75 Å². The molecule has 0 fully saturated rings. The van der Waals surface area contributed by atoms with Crippen molar-refractivity contribution in [1.29, 1.82) is 0 Å². The number of hydrogen-bond donors (Lipinski definition) is 3. The molecule has 26 heavy (non-hydrogen) atoms. The molecule has 0 aliphatic carbocycles. The molecule has 144 valence electrons. The largest absolute Gasteiger partial charge is 0.494 e. The van der Waals surface area contributed by atoms with Crippen molar-refractivity contribution in [2.24, 2.45) is 0 Å². The lowest BCUT2D eigenvalue weighted by Crippen LogP contribution is -2.44. The summed E-state index contributed by atoms with van der Waals surface area (Å²) >= 11 is 0. The van der Waals surface area contributed by atoms with Gasteiger partial charge in [-0.2, -0.15) is 0 Å². The third-order valence-corrected chi connectivity index (χ3v) is 3.43. The predicted molar refractivity (Wildman–Crippen MR) is 96.3 cm³/mol. The average molecular weight is 366 g/mol. The number of ether oxygens (including phenoxy) is 2. The normalized spacial score (nSPS) is 11.3. The first kappa shape index (κ1) is 21.3. The second kappa shape index (κ2) is 11.7. The molecule has 0 unspecified atom stereocenters. The van der Waals surface area contributed by atoms with E-state index in [9.17, 15) is 14.4 Å². The number of unbranched alkanes of at least 4 members (excludes halogenated alkanes) is 1. The molecular formula is C18H26N2O6. The quantitative estimate of drug-likeness (QED) is 0.519. The van der Waals surface area contributed by atoms with Crippen LogP contribution in [-0.4, -0.2) is 42.3 Å². The minimum absolute atomic E-state index is 0.0180. The molecule has 1 atom stereocenters. The number of carboxylic acids is 1. The van der Waals surface area contributed by atoms with Gasteiger partial charge in [0.05, 0.1) is 13.2 Å². The number of anilines is 1. The van der Waals surface area contributed by atoms with Crippen LogP contribution in [0.1, 0.15) is 39.5 Å². The van der Waals surface area contributed by atoms with Gasteiger partial charge in [-0.15, -0.1) is 0 Å². The van der Waals surface area contributed by atoms with Crippen LogP contribution in [0.15, 0.2) is 24.3 Å². The van der Waals surface area contributed by atoms with Crippen LogP contribution in [-0.2, 0) is 14.3 Å². The van der Waals surface area contributed by atoms with Crippen molar-refractivity contribution >= 4 is 23.7 Å². The molecule has 8 nitrogen and oxygen atoms in total. The number of rotatable bonds is 11. The number of aliphatic carboxylic acids is 1.